The summed E-state index contributed by atoms with van der Waals surface area (Å²) in [4.78, 5) is 5.10. The van der Waals surface area contributed by atoms with E-state index in [0.29, 0.717) is 5.52 Å². The number of hydrogen-bond donors (Lipinski definition) is 0. The van der Waals surface area contributed by atoms with Crippen LogP contribution in [-0.4, -0.2) is 17.8 Å². The molecule has 2 nitrogen and oxygen atoms in total. The third-order valence-corrected chi connectivity index (χ3v) is 6.22. The lowest BCUT2D eigenvalue weighted by molar-refractivity contribution is -0.137. The fourth-order valence-corrected chi connectivity index (χ4v) is 4.41. The van der Waals surface area contributed by atoms with Crippen LogP contribution < -0.4 is 4.74 Å². The van der Waals surface area contributed by atoms with E-state index in [4.69, 9.17) is 4.74 Å². The Bertz CT molecular complexity index is 941. The molecule has 0 bridgehead atoms. The lowest BCUT2D eigenvalue weighted by Crippen LogP contribution is -2.04. The maximum atomic E-state index is 12.9. The highest BCUT2D eigenvalue weighted by Gasteiger charge is 2.30. The van der Waals surface area contributed by atoms with Gasteiger partial charge in [0.1, 0.15) is 5.75 Å². The molecule has 0 unspecified atom stereocenters. The van der Waals surface area contributed by atoms with Gasteiger partial charge in [0.25, 0.3) is 0 Å². The second-order valence-electron chi connectivity index (χ2n) is 7.25. The molecule has 0 aliphatic rings. The second kappa shape index (κ2) is 10.7. The van der Waals surface area contributed by atoms with Crippen LogP contribution in [-0.2, 0) is 12.6 Å². The average molecular weight is 434 g/mol. The zero-order valence-corrected chi connectivity index (χ0v) is 17.9. The van der Waals surface area contributed by atoms with Crippen LogP contribution in [0.25, 0.3) is 10.9 Å². The van der Waals surface area contributed by atoms with Crippen LogP contribution in [0.4, 0.5) is 13.2 Å². The van der Waals surface area contributed by atoms with Gasteiger partial charge in [-0.3, -0.25) is 4.98 Å². The van der Waals surface area contributed by atoms with E-state index in [9.17, 15) is 13.2 Å². The summed E-state index contributed by atoms with van der Waals surface area (Å²) in [7, 11) is 1.67. The van der Waals surface area contributed by atoms with Gasteiger partial charge in [0.15, 0.2) is 0 Å². The molecule has 0 saturated heterocycles. The van der Waals surface area contributed by atoms with Crippen molar-refractivity contribution in [2.24, 2.45) is 0 Å². The molecule has 0 aliphatic heterocycles. The monoisotopic (exact) mass is 433 g/mol. The highest BCUT2D eigenvalue weighted by molar-refractivity contribution is 7.99. The van der Waals surface area contributed by atoms with Crippen molar-refractivity contribution in [1.82, 2.24) is 4.98 Å². The van der Waals surface area contributed by atoms with Crippen LogP contribution in [0.5, 0.6) is 5.75 Å². The molecule has 0 aliphatic carbocycles. The minimum absolute atomic E-state index is 0.397. The maximum Gasteiger partial charge on any atom is 0.416 e. The van der Waals surface area contributed by atoms with Crippen LogP contribution >= 0.6 is 11.8 Å². The highest BCUT2D eigenvalue weighted by atomic mass is 32.2. The van der Waals surface area contributed by atoms with Crippen molar-refractivity contribution in [2.45, 2.75) is 49.6 Å². The van der Waals surface area contributed by atoms with Crippen LogP contribution in [0, 0.1) is 0 Å². The number of fused-ring (bicyclic) bond motifs is 1. The summed E-state index contributed by atoms with van der Waals surface area (Å²) in [5.74, 6) is 1.84. The maximum absolute atomic E-state index is 12.9. The standard InChI is InChI=1S/C24H26F3NOS/c1-29-20-11-8-18(9-12-20)7-5-3-2-4-6-16-30-23-14-15-28-22-17-19(24(25,26)27)10-13-21(22)23/h8-15,17H,2-7,16H2,1H3. The van der Waals surface area contributed by atoms with E-state index in [-0.39, 0.29) is 0 Å². The number of aromatic nitrogens is 1. The van der Waals surface area contributed by atoms with Gasteiger partial charge in [-0.1, -0.05) is 37.5 Å². The van der Waals surface area contributed by atoms with E-state index in [1.54, 1.807) is 25.1 Å². The summed E-state index contributed by atoms with van der Waals surface area (Å²) in [5, 5.41) is 0.787. The number of hydrogen-bond acceptors (Lipinski definition) is 3. The molecular weight excluding hydrogens is 407 g/mol. The Kier molecular flexibility index (Phi) is 8.02. The number of aryl methyl sites for hydroxylation is 1. The normalized spacial score (nSPS) is 11.7. The van der Waals surface area contributed by atoms with Gasteiger partial charge in [0.05, 0.1) is 18.2 Å². The summed E-state index contributed by atoms with van der Waals surface area (Å²) in [6.07, 6.45) is 4.17. The highest BCUT2D eigenvalue weighted by Crippen LogP contribution is 2.34. The van der Waals surface area contributed by atoms with Crippen LogP contribution in [0.15, 0.2) is 59.6 Å². The van der Waals surface area contributed by atoms with Gasteiger partial charge >= 0.3 is 6.18 Å². The topological polar surface area (TPSA) is 22.1 Å². The van der Waals surface area contributed by atoms with Gasteiger partial charge in [-0.15, -0.1) is 11.8 Å². The minimum atomic E-state index is -4.34. The molecule has 3 aromatic rings. The zero-order valence-electron chi connectivity index (χ0n) is 17.0. The fourth-order valence-electron chi connectivity index (χ4n) is 3.36. The van der Waals surface area contributed by atoms with Crippen LogP contribution in [0.3, 0.4) is 0 Å². The molecule has 30 heavy (non-hydrogen) atoms. The third-order valence-electron chi connectivity index (χ3n) is 5.06. The largest absolute Gasteiger partial charge is 0.497 e. The number of benzene rings is 2. The predicted molar refractivity (Wildman–Crippen MR) is 117 cm³/mol. The Balaban J connectivity index is 1.37. The fraction of sp³-hybridized carbons (Fsp3) is 0.375. The number of rotatable bonds is 10. The average Bonchev–Trinajstić information content (AvgIpc) is 2.75. The molecule has 0 atom stereocenters. The van der Waals surface area contributed by atoms with Gasteiger partial charge in [-0.25, -0.2) is 0 Å². The first-order valence-corrected chi connectivity index (χ1v) is 11.2. The number of ether oxygens (including phenoxy) is 1. The van der Waals surface area contributed by atoms with Crippen molar-refractivity contribution < 1.29 is 17.9 Å². The van der Waals surface area contributed by atoms with Gasteiger partial charge in [-0.05, 0) is 60.9 Å². The number of methoxy groups -OCH3 is 1. The van der Waals surface area contributed by atoms with Crippen LogP contribution in [0.2, 0.25) is 0 Å². The number of halogens is 3. The Hall–Kier alpha value is -2.21. The summed E-state index contributed by atoms with van der Waals surface area (Å²) < 4.78 is 43.8. The molecular formula is C24H26F3NOS. The Morgan fingerprint density at radius 2 is 1.63 bits per heavy atom. The SMILES string of the molecule is COc1ccc(CCCCCCCSc2ccnc3cc(C(F)(F)F)ccc23)cc1. The quantitative estimate of drug-likeness (QED) is 0.243. The Morgan fingerprint density at radius 3 is 2.37 bits per heavy atom. The summed E-state index contributed by atoms with van der Waals surface area (Å²) in [6, 6.07) is 13.9. The molecule has 0 fully saturated rings. The van der Waals surface area contributed by atoms with Crippen molar-refractivity contribution >= 4 is 22.7 Å². The Labute approximate surface area is 179 Å². The van der Waals surface area contributed by atoms with Crippen LogP contribution in [0.1, 0.15) is 43.2 Å². The van der Waals surface area contributed by atoms with Crippen molar-refractivity contribution in [1.29, 1.82) is 0 Å². The molecule has 6 heteroatoms. The molecule has 0 spiro atoms. The molecule has 0 saturated carbocycles. The molecule has 1 heterocycles. The van der Waals surface area contributed by atoms with E-state index < -0.39 is 11.7 Å². The molecule has 160 valence electrons. The predicted octanol–water partition coefficient (Wildman–Crippen LogP) is 7.55. The van der Waals surface area contributed by atoms with Gasteiger partial charge < -0.3 is 4.74 Å². The smallest absolute Gasteiger partial charge is 0.416 e. The lowest BCUT2D eigenvalue weighted by atomic mass is 10.1. The van der Waals surface area contributed by atoms with Gasteiger partial charge in [0.2, 0.25) is 0 Å². The minimum Gasteiger partial charge on any atom is -0.497 e. The number of pyridine rings is 1. The molecule has 3 rings (SSSR count). The third kappa shape index (κ3) is 6.39. The second-order valence-corrected chi connectivity index (χ2v) is 8.39. The first-order chi connectivity index (χ1) is 14.5. The van der Waals surface area contributed by atoms with E-state index >= 15 is 0 Å². The van der Waals surface area contributed by atoms with Gasteiger partial charge in [0, 0.05) is 16.5 Å². The van der Waals surface area contributed by atoms with Gasteiger partial charge in [-0.2, -0.15) is 13.2 Å². The summed E-state index contributed by atoms with van der Waals surface area (Å²) in [5.41, 5.74) is 1.08. The molecule has 0 N–H and O–H groups in total. The van der Waals surface area contributed by atoms with Crippen molar-refractivity contribution in [2.75, 3.05) is 12.9 Å². The number of nitrogens with zero attached hydrogens (tertiary/aromatic N) is 1. The molecule has 2 aromatic carbocycles. The van der Waals surface area contributed by atoms with Crippen molar-refractivity contribution in [3.05, 3.63) is 65.9 Å². The number of alkyl halides is 3. The van der Waals surface area contributed by atoms with E-state index in [1.807, 2.05) is 18.2 Å². The summed E-state index contributed by atoms with van der Waals surface area (Å²) in [6.45, 7) is 0. The van der Waals surface area contributed by atoms with E-state index in [0.717, 1.165) is 53.2 Å². The molecule has 1 aromatic heterocycles. The van der Waals surface area contributed by atoms with Crippen molar-refractivity contribution in [3.63, 3.8) is 0 Å². The first kappa shape index (κ1) is 22.5. The molecule has 0 radical (unpaired) electrons. The number of thioether (sulfide) groups is 1. The first-order valence-electron chi connectivity index (χ1n) is 10.2. The van der Waals surface area contributed by atoms with E-state index in [1.165, 1.54) is 30.9 Å². The summed E-state index contributed by atoms with van der Waals surface area (Å²) >= 11 is 1.69. The Morgan fingerprint density at radius 1 is 0.900 bits per heavy atom. The number of unbranched alkanes of at least 4 members (excludes halogenated alkanes) is 4. The zero-order chi connectivity index (χ0) is 21.4. The molecule has 0 amide bonds. The lowest BCUT2D eigenvalue weighted by Gasteiger charge is -2.10. The van der Waals surface area contributed by atoms with E-state index in [2.05, 4.69) is 17.1 Å². The van der Waals surface area contributed by atoms with Crippen molar-refractivity contribution in [3.8, 4) is 5.75 Å².